The van der Waals surface area contributed by atoms with Crippen molar-refractivity contribution in [3.05, 3.63) is 71.7 Å². The number of nitrogens with zero attached hydrogens (tertiary/aromatic N) is 2. The average Bonchev–Trinajstić information content (AvgIpc) is 2.68. The van der Waals surface area contributed by atoms with Gasteiger partial charge in [-0.2, -0.15) is 0 Å². The van der Waals surface area contributed by atoms with E-state index in [1.165, 1.54) is 6.92 Å². The molecule has 0 aliphatic heterocycles. The number of hydrogen-bond donors (Lipinski definition) is 2. The first-order valence-electron chi connectivity index (χ1n) is 8.64. The Morgan fingerprint density at radius 3 is 2.39 bits per heavy atom. The molecule has 7 heteroatoms. The molecule has 0 aliphatic carbocycles. The van der Waals surface area contributed by atoms with Crippen LogP contribution in [-0.4, -0.2) is 28.8 Å². The number of aromatic nitrogens is 2. The maximum absolute atomic E-state index is 12.6. The smallest absolute Gasteiger partial charge is 0.274 e. The summed E-state index contributed by atoms with van der Waals surface area (Å²) in [7, 11) is 1.60. The second-order valence-corrected chi connectivity index (χ2v) is 6.13. The number of Topliss-reactive ketones (excluding diaryl/α,β-unsaturated/α-hetero) is 1. The molecule has 1 aromatic heterocycles. The number of rotatable bonds is 6. The maximum Gasteiger partial charge on any atom is 0.274 e. The quantitative estimate of drug-likeness (QED) is 0.632. The highest BCUT2D eigenvalue weighted by atomic mass is 16.5. The van der Waals surface area contributed by atoms with Gasteiger partial charge in [-0.1, -0.05) is 6.07 Å². The van der Waals surface area contributed by atoms with E-state index in [4.69, 9.17) is 4.74 Å². The van der Waals surface area contributed by atoms with Crippen LogP contribution in [0.15, 0.2) is 54.6 Å². The lowest BCUT2D eigenvalue weighted by Crippen LogP contribution is -2.15. The Kier molecular flexibility index (Phi) is 5.64. The van der Waals surface area contributed by atoms with Crippen LogP contribution in [-0.2, 0) is 0 Å². The van der Waals surface area contributed by atoms with E-state index >= 15 is 0 Å². The van der Waals surface area contributed by atoms with Gasteiger partial charge in [0.2, 0.25) is 0 Å². The summed E-state index contributed by atoms with van der Waals surface area (Å²) in [5.74, 6) is 1.28. The van der Waals surface area contributed by atoms with E-state index in [9.17, 15) is 9.59 Å². The van der Waals surface area contributed by atoms with Gasteiger partial charge in [-0.3, -0.25) is 9.59 Å². The predicted molar refractivity (Wildman–Crippen MR) is 107 cm³/mol. The molecule has 0 radical (unpaired) electrons. The van der Waals surface area contributed by atoms with Crippen molar-refractivity contribution >= 4 is 28.9 Å². The van der Waals surface area contributed by atoms with Crippen molar-refractivity contribution in [1.29, 1.82) is 0 Å². The van der Waals surface area contributed by atoms with Crippen molar-refractivity contribution < 1.29 is 14.3 Å². The Labute approximate surface area is 162 Å². The summed E-state index contributed by atoms with van der Waals surface area (Å²) in [6.07, 6.45) is 0. The molecule has 1 heterocycles. The van der Waals surface area contributed by atoms with Crippen LogP contribution in [0.2, 0.25) is 0 Å². The zero-order valence-electron chi connectivity index (χ0n) is 15.8. The van der Waals surface area contributed by atoms with Crippen molar-refractivity contribution in [2.75, 3.05) is 17.7 Å². The zero-order valence-corrected chi connectivity index (χ0v) is 15.8. The summed E-state index contributed by atoms with van der Waals surface area (Å²) in [5.41, 5.74) is 2.17. The number of carbonyl (C=O) groups excluding carboxylic acids is 2. The third kappa shape index (κ3) is 4.70. The summed E-state index contributed by atoms with van der Waals surface area (Å²) in [6, 6.07) is 15.7. The zero-order chi connectivity index (χ0) is 20.1. The topological polar surface area (TPSA) is 93.2 Å². The van der Waals surface area contributed by atoms with Gasteiger partial charge in [0.25, 0.3) is 5.91 Å². The van der Waals surface area contributed by atoms with Gasteiger partial charge in [-0.15, -0.1) is 0 Å². The molecular weight excluding hydrogens is 356 g/mol. The minimum Gasteiger partial charge on any atom is -0.497 e. The summed E-state index contributed by atoms with van der Waals surface area (Å²) < 4.78 is 5.21. The number of anilines is 3. The van der Waals surface area contributed by atoms with Crippen LogP contribution >= 0.6 is 0 Å². The lowest BCUT2D eigenvalue weighted by Gasteiger charge is -2.10. The van der Waals surface area contributed by atoms with Crippen LogP contribution in [0, 0.1) is 6.92 Å². The van der Waals surface area contributed by atoms with E-state index in [0.717, 1.165) is 5.69 Å². The molecule has 0 bridgehead atoms. The number of methoxy groups -OCH3 is 1. The molecule has 0 aliphatic rings. The summed E-state index contributed by atoms with van der Waals surface area (Å²) >= 11 is 0. The van der Waals surface area contributed by atoms with Crippen molar-refractivity contribution in [2.45, 2.75) is 13.8 Å². The van der Waals surface area contributed by atoms with E-state index in [1.54, 1.807) is 44.4 Å². The van der Waals surface area contributed by atoms with Gasteiger partial charge in [0, 0.05) is 29.1 Å². The molecule has 142 valence electrons. The van der Waals surface area contributed by atoms with Crippen molar-refractivity contribution in [2.24, 2.45) is 0 Å². The SMILES string of the molecule is COc1cccc(Nc2cc(C(=O)Nc3ccc(C(C)=O)cc3)nc(C)n2)c1. The Bertz CT molecular complexity index is 1020. The Balaban J connectivity index is 1.78. The first kappa shape index (κ1) is 19.0. The van der Waals surface area contributed by atoms with Crippen molar-refractivity contribution in [1.82, 2.24) is 9.97 Å². The molecule has 0 saturated heterocycles. The maximum atomic E-state index is 12.6. The number of hydrogen-bond acceptors (Lipinski definition) is 6. The van der Waals surface area contributed by atoms with E-state index in [1.807, 2.05) is 24.3 Å². The summed E-state index contributed by atoms with van der Waals surface area (Å²) in [5, 5.41) is 5.92. The van der Waals surface area contributed by atoms with Gasteiger partial charge in [0.05, 0.1) is 7.11 Å². The molecule has 2 aromatic carbocycles. The highest BCUT2D eigenvalue weighted by Crippen LogP contribution is 2.21. The van der Waals surface area contributed by atoms with Gasteiger partial charge in [0.15, 0.2) is 5.78 Å². The third-order valence-corrected chi connectivity index (χ3v) is 3.96. The Morgan fingerprint density at radius 1 is 0.964 bits per heavy atom. The molecule has 0 saturated carbocycles. The van der Waals surface area contributed by atoms with Crippen LogP contribution in [0.25, 0.3) is 0 Å². The lowest BCUT2D eigenvalue weighted by atomic mass is 10.1. The van der Waals surface area contributed by atoms with E-state index < -0.39 is 0 Å². The fraction of sp³-hybridized carbons (Fsp3) is 0.143. The van der Waals surface area contributed by atoms with Gasteiger partial charge in [-0.05, 0) is 50.2 Å². The molecule has 1 amide bonds. The molecule has 3 aromatic rings. The monoisotopic (exact) mass is 376 g/mol. The summed E-state index contributed by atoms with van der Waals surface area (Å²) in [4.78, 5) is 32.5. The van der Waals surface area contributed by atoms with Crippen LogP contribution in [0.1, 0.15) is 33.6 Å². The van der Waals surface area contributed by atoms with Gasteiger partial charge < -0.3 is 15.4 Å². The number of ether oxygens (including phenoxy) is 1. The Hall–Kier alpha value is -3.74. The molecule has 0 unspecified atom stereocenters. The fourth-order valence-electron chi connectivity index (χ4n) is 2.58. The molecule has 0 fully saturated rings. The second kappa shape index (κ2) is 8.30. The molecule has 28 heavy (non-hydrogen) atoms. The number of benzene rings is 2. The van der Waals surface area contributed by atoms with Crippen LogP contribution in [0.4, 0.5) is 17.2 Å². The fourth-order valence-corrected chi connectivity index (χ4v) is 2.58. The highest BCUT2D eigenvalue weighted by Gasteiger charge is 2.12. The molecular formula is C21H20N4O3. The van der Waals surface area contributed by atoms with Gasteiger partial charge in [-0.25, -0.2) is 9.97 Å². The number of nitrogens with one attached hydrogen (secondary N) is 2. The van der Waals surface area contributed by atoms with E-state index in [0.29, 0.717) is 28.6 Å². The molecule has 0 spiro atoms. The van der Waals surface area contributed by atoms with E-state index in [-0.39, 0.29) is 17.4 Å². The number of ketones is 1. The van der Waals surface area contributed by atoms with Gasteiger partial charge in [0.1, 0.15) is 23.1 Å². The lowest BCUT2D eigenvalue weighted by molar-refractivity contribution is 0.101. The van der Waals surface area contributed by atoms with Crippen LogP contribution in [0.3, 0.4) is 0 Å². The third-order valence-electron chi connectivity index (χ3n) is 3.96. The van der Waals surface area contributed by atoms with Crippen molar-refractivity contribution in [3.63, 3.8) is 0 Å². The molecule has 7 nitrogen and oxygen atoms in total. The van der Waals surface area contributed by atoms with Crippen LogP contribution in [0.5, 0.6) is 5.75 Å². The minimum atomic E-state index is -0.366. The Morgan fingerprint density at radius 2 is 1.71 bits per heavy atom. The standard InChI is InChI=1S/C21H20N4O3/c1-13(26)15-7-9-16(10-8-15)25-21(27)19-12-20(23-14(2)22-19)24-17-5-4-6-18(11-17)28-3/h4-12H,1-3H3,(H,25,27)(H,22,23,24). The second-order valence-electron chi connectivity index (χ2n) is 6.13. The predicted octanol–water partition coefficient (Wildman–Crippen LogP) is 3.99. The largest absolute Gasteiger partial charge is 0.497 e. The normalized spacial score (nSPS) is 10.2. The number of aryl methyl sites for hydroxylation is 1. The summed E-state index contributed by atoms with van der Waals surface area (Å²) in [6.45, 7) is 3.21. The first-order valence-corrected chi connectivity index (χ1v) is 8.64. The molecule has 3 rings (SSSR count). The first-order chi connectivity index (χ1) is 13.4. The molecule has 2 N–H and O–H groups in total. The average molecular weight is 376 g/mol. The van der Waals surface area contributed by atoms with Crippen LogP contribution < -0.4 is 15.4 Å². The highest BCUT2D eigenvalue weighted by molar-refractivity contribution is 6.03. The molecule has 0 atom stereocenters. The van der Waals surface area contributed by atoms with Crippen molar-refractivity contribution in [3.8, 4) is 5.75 Å². The number of carbonyl (C=O) groups is 2. The van der Waals surface area contributed by atoms with Gasteiger partial charge >= 0.3 is 0 Å². The number of amides is 1. The van der Waals surface area contributed by atoms with E-state index in [2.05, 4.69) is 20.6 Å². The minimum absolute atomic E-state index is 0.0300.